The molecule has 1 atom stereocenters. The van der Waals surface area contributed by atoms with Crippen LogP contribution in [0.3, 0.4) is 0 Å². The molecule has 0 aliphatic carbocycles. The van der Waals surface area contributed by atoms with Crippen molar-refractivity contribution >= 4 is 21.7 Å². The number of nitrogens with zero attached hydrogens (tertiary/aromatic N) is 2. The van der Waals surface area contributed by atoms with E-state index in [0.717, 1.165) is 23.2 Å². The highest BCUT2D eigenvalue weighted by Gasteiger charge is 2.28. The third-order valence-corrected chi connectivity index (χ3v) is 6.88. The molecule has 3 rings (SSSR count). The second-order valence-corrected chi connectivity index (χ2v) is 9.15. The van der Waals surface area contributed by atoms with Gasteiger partial charge in [0, 0.05) is 20.1 Å². The van der Waals surface area contributed by atoms with Crippen molar-refractivity contribution in [3.05, 3.63) is 65.0 Å². The van der Waals surface area contributed by atoms with Crippen molar-refractivity contribution in [2.75, 3.05) is 30.2 Å². The fraction of sp³-hybridized carbons (Fsp3) is 0.381. The highest BCUT2D eigenvalue weighted by molar-refractivity contribution is 7.92. The van der Waals surface area contributed by atoms with E-state index in [1.165, 1.54) is 10.4 Å². The number of rotatable bonds is 6. The van der Waals surface area contributed by atoms with Crippen molar-refractivity contribution in [2.45, 2.75) is 26.3 Å². The Balaban J connectivity index is 1.56. The van der Waals surface area contributed by atoms with E-state index in [4.69, 9.17) is 0 Å². The number of benzene rings is 2. The molecule has 2 N–H and O–H groups in total. The summed E-state index contributed by atoms with van der Waals surface area (Å²) in [5.74, 6) is 0.168. The van der Waals surface area contributed by atoms with Gasteiger partial charge in [-0.05, 0) is 49.1 Å². The third-order valence-electron chi connectivity index (χ3n) is 5.11. The van der Waals surface area contributed by atoms with Gasteiger partial charge in [0.05, 0.1) is 17.5 Å². The Bertz CT molecular complexity index is 1010. The largest absolute Gasteiger partial charge is 0.355 e. The van der Waals surface area contributed by atoms with Crippen molar-refractivity contribution in [1.29, 1.82) is 0 Å². The molecule has 2 aromatic rings. The molecule has 0 radical (unpaired) electrons. The molecule has 1 heterocycles. The highest BCUT2D eigenvalue weighted by atomic mass is 32.2. The summed E-state index contributed by atoms with van der Waals surface area (Å²) in [6, 6.07) is 12.5. The van der Waals surface area contributed by atoms with Crippen LogP contribution in [-0.4, -0.2) is 40.3 Å². The second kappa shape index (κ2) is 8.82. The first kappa shape index (κ1) is 21.1. The predicted molar refractivity (Wildman–Crippen MR) is 115 cm³/mol. The van der Waals surface area contributed by atoms with Gasteiger partial charge in [-0.1, -0.05) is 30.3 Å². The SMILES string of the molecule is CN=C(NCCS(=O)(=O)N1CCc2ccccc21)NC(C)c1ccc(C)c(F)c1. The van der Waals surface area contributed by atoms with Crippen molar-refractivity contribution in [2.24, 2.45) is 4.99 Å². The molecular formula is C21H27FN4O2S. The maximum atomic E-state index is 13.8. The second-order valence-electron chi connectivity index (χ2n) is 7.14. The Labute approximate surface area is 171 Å². The molecule has 1 aliphatic rings. The van der Waals surface area contributed by atoms with Gasteiger partial charge in [-0.15, -0.1) is 0 Å². The summed E-state index contributed by atoms with van der Waals surface area (Å²) in [6.45, 7) is 4.31. The van der Waals surface area contributed by atoms with Crippen molar-refractivity contribution in [3.63, 3.8) is 0 Å². The molecule has 0 saturated carbocycles. The van der Waals surface area contributed by atoms with E-state index in [1.54, 1.807) is 20.0 Å². The summed E-state index contributed by atoms with van der Waals surface area (Å²) < 4.78 is 40.8. The molecule has 8 heteroatoms. The molecule has 0 fully saturated rings. The average Bonchev–Trinajstić information content (AvgIpc) is 3.14. The Morgan fingerprint density at radius 1 is 1.28 bits per heavy atom. The monoisotopic (exact) mass is 418 g/mol. The number of sulfonamides is 1. The quantitative estimate of drug-likeness (QED) is 0.559. The molecule has 1 aliphatic heterocycles. The average molecular weight is 419 g/mol. The minimum atomic E-state index is -3.43. The fourth-order valence-electron chi connectivity index (χ4n) is 3.37. The lowest BCUT2D eigenvalue weighted by atomic mass is 10.1. The normalized spacial score (nSPS) is 15.2. The Morgan fingerprint density at radius 3 is 2.76 bits per heavy atom. The van der Waals surface area contributed by atoms with Gasteiger partial charge in [-0.3, -0.25) is 9.30 Å². The van der Waals surface area contributed by atoms with Crippen molar-refractivity contribution in [1.82, 2.24) is 10.6 Å². The van der Waals surface area contributed by atoms with E-state index in [0.29, 0.717) is 18.1 Å². The van der Waals surface area contributed by atoms with Gasteiger partial charge >= 0.3 is 0 Å². The zero-order valence-electron chi connectivity index (χ0n) is 16.9. The first-order chi connectivity index (χ1) is 13.8. The van der Waals surface area contributed by atoms with Crippen LogP contribution < -0.4 is 14.9 Å². The summed E-state index contributed by atoms with van der Waals surface area (Å²) in [6.07, 6.45) is 0.733. The Morgan fingerprint density at radius 2 is 2.03 bits per heavy atom. The van der Waals surface area contributed by atoms with E-state index in [-0.39, 0.29) is 24.2 Å². The number of guanidine groups is 1. The van der Waals surface area contributed by atoms with Gasteiger partial charge in [0.1, 0.15) is 5.82 Å². The van der Waals surface area contributed by atoms with Crippen LogP contribution in [0.4, 0.5) is 10.1 Å². The van der Waals surface area contributed by atoms with Crippen LogP contribution >= 0.6 is 0 Å². The topological polar surface area (TPSA) is 73.8 Å². The third kappa shape index (κ3) is 4.87. The minimum Gasteiger partial charge on any atom is -0.355 e. The summed E-state index contributed by atoms with van der Waals surface area (Å²) in [4.78, 5) is 4.14. The molecule has 6 nitrogen and oxygen atoms in total. The first-order valence-electron chi connectivity index (χ1n) is 9.63. The fourth-order valence-corrected chi connectivity index (χ4v) is 4.79. The molecule has 0 aromatic heterocycles. The summed E-state index contributed by atoms with van der Waals surface area (Å²) in [7, 11) is -1.82. The van der Waals surface area contributed by atoms with Crippen molar-refractivity contribution in [3.8, 4) is 0 Å². The lowest BCUT2D eigenvalue weighted by Gasteiger charge is -2.21. The Kier molecular flexibility index (Phi) is 6.42. The number of para-hydroxylation sites is 1. The lowest BCUT2D eigenvalue weighted by molar-refractivity contribution is 0.590. The minimum absolute atomic E-state index is 0.0461. The molecule has 1 unspecified atom stereocenters. The molecule has 156 valence electrons. The zero-order valence-corrected chi connectivity index (χ0v) is 17.8. The number of fused-ring (bicyclic) bond motifs is 1. The maximum absolute atomic E-state index is 13.8. The number of aliphatic imine (C=N–C) groups is 1. The highest BCUT2D eigenvalue weighted by Crippen LogP contribution is 2.29. The molecule has 0 saturated heterocycles. The van der Waals surface area contributed by atoms with Crippen molar-refractivity contribution < 1.29 is 12.8 Å². The van der Waals surface area contributed by atoms with Crippen LogP contribution in [0, 0.1) is 12.7 Å². The van der Waals surface area contributed by atoms with E-state index >= 15 is 0 Å². The Hall–Kier alpha value is -2.61. The smallest absolute Gasteiger partial charge is 0.236 e. The molecule has 0 bridgehead atoms. The van der Waals surface area contributed by atoms with E-state index in [2.05, 4.69) is 15.6 Å². The zero-order chi connectivity index (χ0) is 21.0. The number of nitrogens with one attached hydrogen (secondary N) is 2. The van der Waals surface area contributed by atoms with E-state index in [9.17, 15) is 12.8 Å². The van der Waals surface area contributed by atoms with Gasteiger partial charge in [0.25, 0.3) is 0 Å². The van der Waals surface area contributed by atoms with Crippen LogP contribution in [-0.2, 0) is 16.4 Å². The van der Waals surface area contributed by atoms with Gasteiger partial charge in [-0.25, -0.2) is 12.8 Å². The van der Waals surface area contributed by atoms with Gasteiger partial charge in [0.2, 0.25) is 10.0 Å². The molecule has 0 spiro atoms. The molecule has 0 amide bonds. The van der Waals surface area contributed by atoms with Crippen LogP contribution in [0.1, 0.15) is 29.7 Å². The lowest BCUT2D eigenvalue weighted by Crippen LogP contribution is -2.42. The molecule has 2 aromatic carbocycles. The molecule has 29 heavy (non-hydrogen) atoms. The summed E-state index contributed by atoms with van der Waals surface area (Å²) in [5, 5.41) is 6.20. The number of hydrogen-bond acceptors (Lipinski definition) is 3. The number of hydrogen-bond donors (Lipinski definition) is 2. The van der Waals surface area contributed by atoms with Gasteiger partial charge in [-0.2, -0.15) is 0 Å². The van der Waals surface area contributed by atoms with Gasteiger partial charge < -0.3 is 10.6 Å². The van der Waals surface area contributed by atoms with Crippen LogP contribution in [0.2, 0.25) is 0 Å². The number of aryl methyl sites for hydroxylation is 1. The molecular weight excluding hydrogens is 391 g/mol. The number of anilines is 1. The predicted octanol–water partition coefficient (Wildman–Crippen LogP) is 2.75. The standard InChI is InChI=1S/C21H27FN4O2S/c1-15-8-9-18(14-19(15)22)16(2)25-21(23-3)24-11-13-29(27,28)26-12-10-17-6-4-5-7-20(17)26/h4-9,14,16H,10-13H2,1-3H3,(H2,23,24,25). The van der Waals surface area contributed by atoms with Crippen LogP contribution in [0.25, 0.3) is 0 Å². The first-order valence-corrected chi connectivity index (χ1v) is 11.2. The van der Waals surface area contributed by atoms with Crippen LogP contribution in [0.15, 0.2) is 47.5 Å². The summed E-state index contributed by atoms with van der Waals surface area (Å²) in [5.41, 5.74) is 3.21. The summed E-state index contributed by atoms with van der Waals surface area (Å²) >= 11 is 0. The maximum Gasteiger partial charge on any atom is 0.236 e. The van der Waals surface area contributed by atoms with Crippen LogP contribution in [0.5, 0.6) is 0 Å². The van der Waals surface area contributed by atoms with E-state index < -0.39 is 10.0 Å². The van der Waals surface area contributed by atoms with Gasteiger partial charge in [0.15, 0.2) is 5.96 Å². The van der Waals surface area contributed by atoms with E-state index in [1.807, 2.05) is 37.3 Å². The number of halogens is 1.